The van der Waals surface area contributed by atoms with E-state index >= 15 is 0 Å². The highest BCUT2D eigenvalue weighted by atomic mass is 79.9. The van der Waals surface area contributed by atoms with Crippen molar-refractivity contribution < 1.29 is 9.53 Å². The quantitative estimate of drug-likeness (QED) is 0.287. The summed E-state index contributed by atoms with van der Waals surface area (Å²) in [5, 5.41) is 13.0. The SMILES string of the molecule is COc1ccc(/C=C(\C#N)C(=O)Nc2ccc(Cl)c(Cl)c2)c(Cc2ccccc2Br)c1. The first-order chi connectivity index (χ1) is 14.9. The largest absolute Gasteiger partial charge is 0.497 e. The molecular formula is C24H17BrCl2N2O2. The molecule has 1 N–H and O–H groups in total. The zero-order chi connectivity index (χ0) is 22.4. The van der Waals surface area contributed by atoms with Gasteiger partial charge in [0.05, 0.1) is 17.2 Å². The van der Waals surface area contributed by atoms with Gasteiger partial charge in [-0.3, -0.25) is 4.79 Å². The molecule has 0 spiro atoms. The number of carbonyl (C=O) groups excluding carboxylic acids is 1. The van der Waals surface area contributed by atoms with Crippen LogP contribution in [-0.2, 0) is 11.2 Å². The molecule has 0 aromatic heterocycles. The van der Waals surface area contributed by atoms with Crippen LogP contribution in [0.2, 0.25) is 10.0 Å². The maximum absolute atomic E-state index is 12.7. The third kappa shape index (κ3) is 5.89. The molecule has 0 bridgehead atoms. The van der Waals surface area contributed by atoms with E-state index < -0.39 is 5.91 Å². The van der Waals surface area contributed by atoms with Gasteiger partial charge in [-0.2, -0.15) is 5.26 Å². The number of nitriles is 1. The van der Waals surface area contributed by atoms with Gasteiger partial charge in [-0.05, 0) is 65.6 Å². The number of hydrogen-bond donors (Lipinski definition) is 1. The number of ether oxygens (including phenoxy) is 1. The molecule has 0 unspecified atom stereocenters. The van der Waals surface area contributed by atoms with Crippen LogP contribution < -0.4 is 10.1 Å². The van der Waals surface area contributed by atoms with E-state index in [0.717, 1.165) is 21.2 Å². The molecule has 3 aromatic carbocycles. The van der Waals surface area contributed by atoms with Crippen LogP contribution in [-0.4, -0.2) is 13.0 Å². The highest BCUT2D eigenvalue weighted by Crippen LogP contribution is 2.27. The Kier molecular flexibility index (Phi) is 7.75. The Labute approximate surface area is 199 Å². The van der Waals surface area contributed by atoms with Gasteiger partial charge in [0.1, 0.15) is 17.4 Å². The highest BCUT2D eigenvalue weighted by molar-refractivity contribution is 9.10. The Hall–Kier alpha value is -2.78. The topological polar surface area (TPSA) is 62.1 Å². The van der Waals surface area contributed by atoms with Crippen LogP contribution in [0.1, 0.15) is 16.7 Å². The van der Waals surface area contributed by atoms with E-state index in [1.165, 1.54) is 6.07 Å². The van der Waals surface area contributed by atoms with E-state index in [0.29, 0.717) is 27.9 Å². The van der Waals surface area contributed by atoms with E-state index in [1.54, 1.807) is 31.4 Å². The minimum absolute atomic E-state index is 0.0374. The summed E-state index contributed by atoms with van der Waals surface area (Å²) >= 11 is 15.5. The van der Waals surface area contributed by atoms with E-state index in [1.807, 2.05) is 42.5 Å². The molecule has 0 fully saturated rings. The Morgan fingerprint density at radius 1 is 1.10 bits per heavy atom. The van der Waals surface area contributed by atoms with Gasteiger partial charge in [0.2, 0.25) is 0 Å². The van der Waals surface area contributed by atoms with E-state index in [2.05, 4.69) is 21.2 Å². The van der Waals surface area contributed by atoms with Gasteiger partial charge >= 0.3 is 0 Å². The van der Waals surface area contributed by atoms with Crippen molar-refractivity contribution in [3.05, 3.63) is 97.4 Å². The molecule has 0 atom stereocenters. The van der Waals surface area contributed by atoms with E-state index in [9.17, 15) is 10.1 Å². The lowest BCUT2D eigenvalue weighted by Gasteiger charge is -2.11. The van der Waals surface area contributed by atoms with Crippen LogP contribution in [0.4, 0.5) is 5.69 Å². The average molecular weight is 516 g/mol. The van der Waals surface area contributed by atoms with Crippen LogP contribution in [0.3, 0.4) is 0 Å². The molecule has 31 heavy (non-hydrogen) atoms. The fraction of sp³-hybridized carbons (Fsp3) is 0.0833. The van der Waals surface area contributed by atoms with Crippen molar-refractivity contribution in [1.29, 1.82) is 5.26 Å². The molecule has 7 heteroatoms. The number of benzene rings is 3. The monoisotopic (exact) mass is 514 g/mol. The summed E-state index contributed by atoms with van der Waals surface area (Å²) in [5.74, 6) is 0.154. The van der Waals surface area contributed by atoms with E-state index in [4.69, 9.17) is 27.9 Å². The number of carbonyl (C=O) groups is 1. The summed E-state index contributed by atoms with van der Waals surface area (Å²) in [6, 6.07) is 20.1. The van der Waals surface area contributed by atoms with Crippen molar-refractivity contribution in [3.63, 3.8) is 0 Å². The van der Waals surface area contributed by atoms with Gasteiger partial charge in [0.15, 0.2) is 0 Å². The van der Waals surface area contributed by atoms with Crippen molar-refractivity contribution in [1.82, 2.24) is 0 Å². The third-order valence-electron chi connectivity index (χ3n) is 4.53. The molecule has 1 amide bonds. The first kappa shape index (κ1) is 22.9. The zero-order valence-electron chi connectivity index (χ0n) is 16.5. The minimum Gasteiger partial charge on any atom is -0.497 e. The average Bonchev–Trinajstić information content (AvgIpc) is 2.76. The molecule has 3 aromatic rings. The van der Waals surface area contributed by atoms with Gasteiger partial charge in [-0.15, -0.1) is 0 Å². The summed E-state index contributed by atoms with van der Waals surface area (Å²) in [7, 11) is 1.60. The molecule has 0 aliphatic heterocycles. The Morgan fingerprint density at radius 2 is 1.87 bits per heavy atom. The number of rotatable bonds is 6. The predicted octanol–water partition coefficient (Wildman–Crippen LogP) is 6.90. The molecule has 0 saturated heterocycles. The summed E-state index contributed by atoms with van der Waals surface area (Å²) in [5.41, 5.74) is 3.15. The summed E-state index contributed by atoms with van der Waals surface area (Å²) < 4.78 is 6.33. The van der Waals surface area contributed by atoms with Gasteiger partial charge in [0.25, 0.3) is 5.91 Å². The Morgan fingerprint density at radius 3 is 2.55 bits per heavy atom. The molecule has 156 valence electrons. The second-order valence-electron chi connectivity index (χ2n) is 6.59. The van der Waals surface area contributed by atoms with Crippen LogP contribution >= 0.6 is 39.1 Å². The van der Waals surface area contributed by atoms with Crippen molar-refractivity contribution >= 4 is 56.8 Å². The maximum Gasteiger partial charge on any atom is 0.266 e. The van der Waals surface area contributed by atoms with Crippen LogP contribution in [0.5, 0.6) is 5.75 Å². The molecule has 0 heterocycles. The molecule has 0 aliphatic rings. The number of methoxy groups -OCH3 is 1. The standard InChI is InChI=1S/C24H17BrCl2N2O2/c1-31-20-8-6-15(17(12-20)11-16-4-2-3-5-21(16)25)10-18(14-28)24(30)29-19-7-9-22(26)23(27)13-19/h2-10,12-13H,11H2,1H3,(H,29,30)/b18-10+. The highest BCUT2D eigenvalue weighted by Gasteiger charge is 2.13. The van der Waals surface area contributed by atoms with Gasteiger partial charge in [0, 0.05) is 10.2 Å². The number of anilines is 1. The molecule has 0 aliphatic carbocycles. The van der Waals surface area contributed by atoms with Gasteiger partial charge < -0.3 is 10.1 Å². The lowest BCUT2D eigenvalue weighted by Crippen LogP contribution is -2.13. The Bertz CT molecular complexity index is 1200. The Balaban J connectivity index is 1.93. The summed E-state index contributed by atoms with van der Waals surface area (Å²) in [6.45, 7) is 0. The fourth-order valence-electron chi connectivity index (χ4n) is 2.93. The number of halogens is 3. The number of hydrogen-bond acceptors (Lipinski definition) is 3. The minimum atomic E-state index is -0.538. The summed E-state index contributed by atoms with van der Waals surface area (Å²) in [6.07, 6.45) is 2.16. The predicted molar refractivity (Wildman–Crippen MR) is 129 cm³/mol. The first-order valence-electron chi connectivity index (χ1n) is 9.19. The first-order valence-corrected chi connectivity index (χ1v) is 10.7. The van der Waals surface area contributed by atoms with E-state index in [-0.39, 0.29) is 5.57 Å². The van der Waals surface area contributed by atoms with Crippen molar-refractivity contribution in [2.24, 2.45) is 0 Å². The van der Waals surface area contributed by atoms with Crippen LogP contribution in [0, 0.1) is 11.3 Å². The lowest BCUT2D eigenvalue weighted by molar-refractivity contribution is -0.112. The number of nitrogens with one attached hydrogen (secondary N) is 1. The fourth-order valence-corrected chi connectivity index (χ4v) is 3.65. The molecule has 4 nitrogen and oxygen atoms in total. The number of nitrogens with zero attached hydrogens (tertiary/aromatic N) is 1. The zero-order valence-corrected chi connectivity index (χ0v) is 19.6. The van der Waals surface area contributed by atoms with Crippen molar-refractivity contribution in [2.75, 3.05) is 12.4 Å². The van der Waals surface area contributed by atoms with Gasteiger partial charge in [-0.25, -0.2) is 0 Å². The second-order valence-corrected chi connectivity index (χ2v) is 8.25. The summed E-state index contributed by atoms with van der Waals surface area (Å²) in [4.78, 5) is 12.7. The van der Waals surface area contributed by atoms with Crippen molar-refractivity contribution in [3.8, 4) is 11.8 Å². The van der Waals surface area contributed by atoms with Crippen molar-refractivity contribution in [2.45, 2.75) is 6.42 Å². The molecule has 0 radical (unpaired) electrons. The molecule has 3 rings (SSSR count). The maximum atomic E-state index is 12.7. The smallest absolute Gasteiger partial charge is 0.266 e. The molecular weight excluding hydrogens is 499 g/mol. The van der Waals surface area contributed by atoms with Crippen LogP contribution in [0.15, 0.2) is 70.7 Å². The van der Waals surface area contributed by atoms with Crippen LogP contribution in [0.25, 0.3) is 6.08 Å². The second kappa shape index (κ2) is 10.5. The number of amides is 1. The normalized spacial score (nSPS) is 11.0. The lowest BCUT2D eigenvalue weighted by atomic mass is 9.97. The van der Waals surface area contributed by atoms with Gasteiger partial charge in [-0.1, -0.05) is 63.4 Å². The molecule has 0 saturated carbocycles. The third-order valence-corrected chi connectivity index (χ3v) is 6.04.